The molecule has 3 atom stereocenters. The summed E-state index contributed by atoms with van der Waals surface area (Å²) in [5.74, 6) is 0.218. The van der Waals surface area contributed by atoms with E-state index in [0.717, 1.165) is 21.7 Å². The third kappa shape index (κ3) is 6.91. The number of thioether (sulfide) groups is 1. The molecule has 0 fully saturated rings. The number of amides is 1. The van der Waals surface area contributed by atoms with E-state index in [1.54, 1.807) is 17.9 Å². The maximum absolute atomic E-state index is 13.0. The number of carbonyl (C=O) groups excluding carboxylic acids is 2. The Morgan fingerprint density at radius 1 is 1.13 bits per heavy atom. The Bertz CT molecular complexity index is 1260. The molecule has 8 nitrogen and oxygen atoms in total. The molecule has 1 heterocycles. The summed E-state index contributed by atoms with van der Waals surface area (Å²) in [6.45, 7) is 7.00. The molecule has 0 spiro atoms. The normalized spacial score (nSPS) is 20.1. The fourth-order valence-corrected chi connectivity index (χ4v) is 5.71. The molecule has 1 aliphatic carbocycles. The largest absolute Gasteiger partial charge is 0.492 e. The third-order valence-electron chi connectivity index (χ3n) is 6.51. The number of hydrogen-bond acceptors (Lipinski definition) is 8. The lowest BCUT2D eigenvalue weighted by Crippen LogP contribution is -2.42. The lowest BCUT2D eigenvalue weighted by Gasteiger charge is -2.33. The predicted molar refractivity (Wildman–Crippen MR) is 152 cm³/mol. The lowest BCUT2D eigenvalue weighted by molar-refractivity contribution is -0.156. The van der Waals surface area contributed by atoms with Crippen molar-refractivity contribution >= 4 is 35.0 Å². The van der Waals surface area contributed by atoms with Crippen molar-refractivity contribution in [3.63, 3.8) is 0 Å². The average Bonchev–Trinajstić information content (AvgIpc) is 2.95. The number of benzene rings is 2. The summed E-state index contributed by atoms with van der Waals surface area (Å²) in [6, 6.07) is 13.5. The van der Waals surface area contributed by atoms with Crippen LogP contribution in [0.2, 0.25) is 0 Å². The van der Waals surface area contributed by atoms with E-state index in [9.17, 15) is 14.8 Å². The van der Waals surface area contributed by atoms with Crippen LogP contribution in [-0.4, -0.2) is 60.5 Å². The summed E-state index contributed by atoms with van der Waals surface area (Å²) in [5.41, 5.74) is 3.37. The molecule has 1 N–H and O–H groups in total. The number of esters is 1. The molecule has 0 saturated carbocycles. The number of anilines is 1. The van der Waals surface area contributed by atoms with Gasteiger partial charge in [0.25, 0.3) is 0 Å². The molecule has 9 heteroatoms. The van der Waals surface area contributed by atoms with Crippen LogP contribution in [0.25, 0.3) is 0 Å². The van der Waals surface area contributed by atoms with Crippen LogP contribution >= 0.6 is 11.8 Å². The van der Waals surface area contributed by atoms with Crippen molar-refractivity contribution in [3.8, 4) is 5.75 Å². The monoisotopic (exact) mass is 550 g/mol. The molecule has 0 radical (unpaired) electrons. The molecular weight excluding hydrogens is 516 g/mol. The smallest absolute Gasteiger partial charge is 0.335 e. The van der Waals surface area contributed by atoms with Crippen LogP contribution < -0.4 is 9.64 Å². The molecular formula is C30H34N2O6S. The topological polar surface area (TPSA) is 97.7 Å². The highest BCUT2D eigenvalue weighted by Crippen LogP contribution is 2.41. The van der Waals surface area contributed by atoms with E-state index in [0.29, 0.717) is 44.2 Å². The van der Waals surface area contributed by atoms with E-state index in [2.05, 4.69) is 11.2 Å². The van der Waals surface area contributed by atoms with E-state index in [4.69, 9.17) is 14.2 Å². The van der Waals surface area contributed by atoms with Gasteiger partial charge in [0.1, 0.15) is 12.4 Å². The number of hydrogen-bond donors (Lipinski definition) is 1. The predicted octanol–water partition coefficient (Wildman–Crippen LogP) is 5.14. The zero-order valence-electron chi connectivity index (χ0n) is 22.4. The van der Waals surface area contributed by atoms with Crippen molar-refractivity contribution in [1.29, 1.82) is 0 Å². The molecule has 1 amide bonds. The summed E-state index contributed by atoms with van der Waals surface area (Å²) in [7, 11) is 0. The summed E-state index contributed by atoms with van der Waals surface area (Å²) < 4.78 is 16.6. The summed E-state index contributed by atoms with van der Waals surface area (Å²) in [5, 5.41) is 12.6. The molecule has 2 aromatic rings. The van der Waals surface area contributed by atoms with Gasteiger partial charge in [-0.25, -0.2) is 4.79 Å². The highest BCUT2D eigenvalue weighted by atomic mass is 32.2. The highest BCUT2D eigenvalue weighted by molar-refractivity contribution is 8.01. The quantitative estimate of drug-likeness (QED) is 0.235. The van der Waals surface area contributed by atoms with E-state index in [1.807, 2.05) is 68.5 Å². The molecule has 0 bridgehead atoms. The third-order valence-corrected chi connectivity index (χ3v) is 7.65. The summed E-state index contributed by atoms with van der Waals surface area (Å²) >= 11 is 1.54. The van der Waals surface area contributed by atoms with Gasteiger partial charge in [0.15, 0.2) is 6.10 Å². The van der Waals surface area contributed by atoms with Crippen molar-refractivity contribution in [2.24, 2.45) is 5.16 Å². The highest BCUT2D eigenvalue weighted by Gasteiger charge is 2.31. The molecule has 3 unspecified atom stereocenters. The molecule has 2 aromatic carbocycles. The summed E-state index contributed by atoms with van der Waals surface area (Å²) in [4.78, 5) is 28.0. The number of allylic oxidation sites excluding steroid dienone is 4. The van der Waals surface area contributed by atoms with Crippen molar-refractivity contribution in [2.75, 3.05) is 31.3 Å². The number of ether oxygens (including phenoxy) is 3. The number of carbonyl (C=O) groups is 2. The van der Waals surface area contributed by atoms with Gasteiger partial charge < -0.3 is 24.3 Å². The first-order valence-corrected chi connectivity index (χ1v) is 14.0. The Hall–Kier alpha value is -3.56. The van der Waals surface area contributed by atoms with Crippen molar-refractivity contribution in [2.45, 2.75) is 49.4 Å². The maximum atomic E-state index is 13.0. The molecule has 0 aromatic heterocycles. The number of fused-ring (bicyclic) bond motifs is 1. The second-order valence-corrected chi connectivity index (χ2v) is 10.5. The fraction of sp³-hybridized carbons (Fsp3) is 0.367. The molecule has 4 rings (SSSR count). The lowest BCUT2D eigenvalue weighted by atomic mass is 9.90. The Balaban J connectivity index is 1.39. The van der Waals surface area contributed by atoms with E-state index in [1.165, 1.54) is 11.8 Å². The van der Waals surface area contributed by atoms with Crippen molar-refractivity contribution in [1.82, 2.24) is 0 Å². The molecule has 2 aliphatic rings. The maximum Gasteiger partial charge on any atom is 0.335 e. The molecule has 206 valence electrons. The zero-order chi connectivity index (χ0) is 27.8. The Morgan fingerprint density at radius 3 is 2.64 bits per heavy atom. The van der Waals surface area contributed by atoms with Crippen LogP contribution in [0, 0.1) is 0 Å². The second-order valence-electron chi connectivity index (χ2n) is 9.12. The SMILES string of the molecule is CCOC(=O)C(Cc1ccc(OCCN2C(=O)C(C)Sc3cc(C4C=CC=CC4=NO)ccc32)cc1)OCC. The number of rotatable bonds is 11. The minimum Gasteiger partial charge on any atom is -0.492 e. The standard InChI is InChI=1S/C30H34N2O6S/c1-4-36-27(30(34)37-5-2)18-21-10-13-23(14-11-21)38-17-16-32-26-15-12-22(19-28(26)39-20(3)29(32)33)24-8-6-7-9-25(24)31-35/h6-15,19-20,24,27,35H,4-5,16-18H2,1-3H3. The average molecular weight is 551 g/mol. The Morgan fingerprint density at radius 2 is 1.92 bits per heavy atom. The van der Waals surface area contributed by atoms with Crippen LogP contribution in [0.4, 0.5) is 5.69 Å². The van der Waals surface area contributed by atoms with Gasteiger partial charge >= 0.3 is 5.97 Å². The van der Waals surface area contributed by atoms with Gasteiger partial charge in [0.05, 0.1) is 29.8 Å². The number of oxime groups is 1. The molecule has 0 saturated heterocycles. The molecule has 39 heavy (non-hydrogen) atoms. The van der Waals surface area contributed by atoms with Crippen LogP contribution in [0.5, 0.6) is 5.75 Å². The van der Waals surface area contributed by atoms with E-state index >= 15 is 0 Å². The Labute approximate surface area is 233 Å². The Kier molecular flexibility index (Phi) is 9.84. The van der Waals surface area contributed by atoms with Crippen molar-refractivity contribution < 1.29 is 29.0 Å². The summed E-state index contributed by atoms with van der Waals surface area (Å²) in [6.07, 6.45) is 7.34. The van der Waals surface area contributed by atoms with Crippen LogP contribution in [0.3, 0.4) is 0 Å². The van der Waals surface area contributed by atoms with Crippen LogP contribution in [0.1, 0.15) is 37.8 Å². The number of nitrogens with zero attached hydrogens (tertiary/aromatic N) is 2. The second kappa shape index (κ2) is 13.5. The first-order chi connectivity index (χ1) is 18.9. The van der Waals surface area contributed by atoms with Gasteiger partial charge in [-0.2, -0.15) is 0 Å². The van der Waals surface area contributed by atoms with Crippen molar-refractivity contribution in [3.05, 3.63) is 77.9 Å². The van der Waals surface area contributed by atoms with E-state index < -0.39 is 6.10 Å². The molecule has 1 aliphatic heterocycles. The first-order valence-electron chi connectivity index (χ1n) is 13.1. The van der Waals surface area contributed by atoms with Gasteiger partial charge in [-0.15, -0.1) is 11.8 Å². The van der Waals surface area contributed by atoms with Gasteiger partial charge in [-0.1, -0.05) is 41.6 Å². The minimum atomic E-state index is -0.639. The van der Waals surface area contributed by atoms with Gasteiger partial charge in [0, 0.05) is 23.8 Å². The minimum absolute atomic E-state index is 0.0400. The first kappa shape index (κ1) is 28.4. The zero-order valence-corrected chi connectivity index (χ0v) is 23.2. The van der Waals surface area contributed by atoms with Gasteiger partial charge in [-0.3, -0.25) is 4.79 Å². The van der Waals surface area contributed by atoms with Crippen LogP contribution in [-0.2, 0) is 25.5 Å². The van der Waals surface area contributed by atoms with E-state index in [-0.39, 0.29) is 23.0 Å². The fourth-order valence-electron chi connectivity index (χ4n) is 4.60. The van der Waals surface area contributed by atoms with Gasteiger partial charge in [0.2, 0.25) is 5.91 Å². The van der Waals surface area contributed by atoms with Gasteiger partial charge in [-0.05, 0) is 62.2 Å². The van der Waals surface area contributed by atoms with Crippen LogP contribution in [0.15, 0.2) is 76.8 Å².